The van der Waals surface area contributed by atoms with E-state index in [1.807, 2.05) is 42.5 Å². The summed E-state index contributed by atoms with van der Waals surface area (Å²) in [5.41, 5.74) is 2.89. The average molecular weight is 268 g/mol. The maximum atomic E-state index is 11.3. The summed E-state index contributed by atoms with van der Waals surface area (Å²) in [5, 5.41) is 9.14. The number of rotatable bonds is 5. The Morgan fingerprint density at radius 1 is 1.15 bits per heavy atom. The van der Waals surface area contributed by atoms with Crippen LogP contribution in [-0.2, 0) is 11.2 Å². The predicted molar refractivity (Wildman–Crippen MR) is 78.5 cm³/mol. The lowest BCUT2D eigenvalue weighted by Crippen LogP contribution is -2.06. The van der Waals surface area contributed by atoms with Gasteiger partial charge >= 0.3 is 5.97 Å². The summed E-state index contributed by atoms with van der Waals surface area (Å²) in [5.74, 6) is -0.0414. The number of hydrogen-bond acceptors (Lipinski definition) is 3. The van der Waals surface area contributed by atoms with E-state index in [-0.39, 0.29) is 6.61 Å². The van der Waals surface area contributed by atoms with Crippen LogP contribution in [0.25, 0.3) is 11.1 Å². The Hall–Kier alpha value is -2.39. The third kappa shape index (κ3) is 3.33. The highest BCUT2D eigenvalue weighted by molar-refractivity contribution is 5.83. The molecule has 0 aromatic heterocycles. The number of aliphatic hydroxyl groups is 1. The number of aliphatic hydroxyl groups excluding tert-OH is 1. The fraction of sp³-hybridized carbons (Fsp3) is 0.118. The molecule has 102 valence electrons. The van der Waals surface area contributed by atoms with Crippen LogP contribution in [0.4, 0.5) is 0 Å². The molecule has 3 nitrogen and oxygen atoms in total. The minimum absolute atomic E-state index is 0.00309. The van der Waals surface area contributed by atoms with Crippen molar-refractivity contribution in [3.63, 3.8) is 0 Å². The van der Waals surface area contributed by atoms with Gasteiger partial charge in [-0.15, -0.1) is 0 Å². The molecule has 0 unspecified atom stereocenters. The van der Waals surface area contributed by atoms with E-state index in [1.165, 1.54) is 0 Å². The number of carbonyl (C=O) groups is 1. The number of esters is 1. The van der Waals surface area contributed by atoms with Gasteiger partial charge in [-0.25, -0.2) is 4.79 Å². The summed E-state index contributed by atoms with van der Waals surface area (Å²) in [6.07, 6.45) is 1.55. The largest absolute Gasteiger partial charge is 0.423 e. The first-order chi connectivity index (χ1) is 9.74. The third-order valence-corrected chi connectivity index (χ3v) is 2.93. The highest BCUT2D eigenvalue weighted by atomic mass is 16.5. The van der Waals surface area contributed by atoms with Gasteiger partial charge in [-0.05, 0) is 35.2 Å². The van der Waals surface area contributed by atoms with Crippen molar-refractivity contribution in [1.82, 2.24) is 0 Å². The minimum Gasteiger partial charge on any atom is -0.423 e. The van der Waals surface area contributed by atoms with Gasteiger partial charge in [0.15, 0.2) is 0 Å². The third-order valence-electron chi connectivity index (χ3n) is 2.93. The zero-order valence-electron chi connectivity index (χ0n) is 11.1. The molecule has 2 aromatic rings. The van der Waals surface area contributed by atoms with Crippen molar-refractivity contribution in [3.8, 4) is 16.9 Å². The van der Waals surface area contributed by atoms with Crippen molar-refractivity contribution < 1.29 is 14.6 Å². The lowest BCUT2D eigenvalue weighted by atomic mass is 10.0. The molecule has 2 rings (SSSR count). The summed E-state index contributed by atoms with van der Waals surface area (Å²) in [6.45, 7) is 3.37. The van der Waals surface area contributed by atoms with E-state index >= 15 is 0 Å². The normalized spacial score (nSPS) is 10.1. The van der Waals surface area contributed by atoms with Crippen LogP contribution in [0, 0.1) is 0 Å². The molecule has 0 radical (unpaired) electrons. The molecule has 0 atom stereocenters. The second kappa shape index (κ2) is 6.68. The SMILES string of the molecule is C=CC(=O)Oc1ccc(-c2ccccc2)cc1CCO. The molecule has 0 heterocycles. The fourth-order valence-corrected chi connectivity index (χ4v) is 1.96. The van der Waals surface area contributed by atoms with Crippen molar-refractivity contribution >= 4 is 5.97 Å². The van der Waals surface area contributed by atoms with Gasteiger partial charge in [-0.1, -0.05) is 43.0 Å². The van der Waals surface area contributed by atoms with Gasteiger partial charge in [0.2, 0.25) is 0 Å². The predicted octanol–water partition coefficient (Wildman–Crippen LogP) is 2.98. The lowest BCUT2D eigenvalue weighted by Gasteiger charge is -2.10. The summed E-state index contributed by atoms with van der Waals surface area (Å²) in [7, 11) is 0. The van der Waals surface area contributed by atoms with Gasteiger partial charge in [-0.3, -0.25) is 0 Å². The van der Waals surface area contributed by atoms with Crippen molar-refractivity contribution in [2.24, 2.45) is 0 Å². The first-order valence-corrected chi connectivity index (χ1v) is 6.38. The Balaban J connectivity index is 2.36. The van der Waals surface area contributed by atoms with Crippen LogP contribution in [0.2, 0.25) is 0 Å². The molecule has 0 amide bonds. The van der Waals surface area contributed by atoms with Gasteiger partial charge < -0.3 is 9.84 Å². The summed E-state index contributed by atoms with van der Waals surface area (Å²) < 4.78 is 5.17. The summed E-state index contributed by atoms with van der Waals surface area (Å²) in [6, 6.07) is 15.5. The van der Waals surface area contributed by atoms with E-state index in [1.54, 1.807) is 6.07 Å². The maximum Gasteiger partial charge on any atom is 0.335 e. The summed E-state index contributed by atoms with van der Waals surface area (Å²) in [4.78, 5) is 11.3. The number of hydrogen-bond donors (Lipinski definition) is 1. The monoisotopic (exact) mass is 268 g/mol. The van der Waals surface area contributed by atoms with Crippen LogP contribution in [0.3, 0.4) is 0 Å². The molecule has 3 heteroatoms. The Morgan fingerprint density at radius 2 is 1.90 bits per heavy atom. The highest BCUT2D eigenvalue weighted by Gasteiger charge is 2.09. The molecule has 0 saturated carbocycles. The molecule has 1 N–H and O–H groups in total. The van der Waals surface area contributed by atoms with E-state index in [4.69, 9.17) is 9.84 Å². The van der Waals surface area contributed by atoms with E-state index < -0.39 is 5.97 Å². The highest BCUT2D eigenvalue weighted by Crippen LogP contribution is 2.27. The molecular weight excluding hydrogens is 252 g/mol. The Labute approximate surface area is 118 Å². The molecule has 0 fully saturated rings. The Bertz CT molecular complexity index is 603. The van der Waals surface area contributed by atoms with E-state index in [9.17, 15) is 4.79 Å². The first-order valence-electron chi connectivity index (χ1n) is 6.38. The zero-order chi connectivity index (χ0) is 14.4. The van der Waals surface area contributed by atoms with Crippen molar-refractivity contribution in [2.45, 2.75) is 6.42 Å². The molecule has 0 spiro atoms. The molecule has 0 aliphatic carbocycles. The van der Waals surface area contributed by atoms with Crippen molar-refractivity contribution in [2.75, 3.05) is 6.61 Å². The molecule has 20 heavy (non-hydrogen) atoms. The van der Waals surface area contributed by atoms with E-state index in [2.05, 4.69) is 6.58 Å². The lowest BCUT2D eigenvalue weighted by molar-refractivity contribution is -0.129. The fourth-order valence-electron chi connectivity index (χ4n) is 1.96. The van der Waals surface area contributed by atoms with Crippen LogP contribution in [-0.4, -0.2) is 17.7 Å². The number of ether oxygens (including phenoxy) is 1. The Morgan fingerprint density at radius 3 is 2.55 bits per heavy atom. The maximum absolute atomic E-state index is 11.3. The first kappa shape index (κ1) is 14.0. The molecule has 0 saturated heterocycles. The minimum atomic E-state index is -0.503. The zero-order valence-corrected chi connectivity index (χ0v) is 11.1. The van der Waals surface area contributed by atoms with Gasteiger partial charge in [0.05, 0.1) is 0 Å². The van der Waals surface area contributed by atoms with Crippen LogP contribution in [0.15, 0.2) is 61.2 Å². The average Bonchev–Trinajstić information content (AvgIpc) is 2.50. The second-order valence-electron chi connectivity index (χ2n) is 4.29. The molecule has 0 aliphatic heterocycles. The Kier molecular flexibility index (Phi) is 4.69. The van der Waals surface area contributed by atoms with Gasteiger partial charge in [0, 0.05) is 12.7 Å². The smallest absolute Gasteiger partial charge is 0.335 e. The van der Waals surface area contributed by atoms with E-state index in [0.717, 1.165) is 22.8 Å². The van der Waals surface area contributed by atoms with Gasteiger partial charge in [0.25, 0.3) is 0 Å². The quantitative estimate of drug-likeness (QED) is 0.515. The number of carbonyl (C=O) groups excluding carboxylic acids is 1. The molecular formula is C17H16O3. The van der Waals surface area contributed by atoms with Crippen LogP contribution in [0.1, 0.15) is 5.56 Å². The van der Waals surface area contributed by atoms with Crippen LogP contribution in [0.5, 0.6) is 5.75 Å². The summed E-state index contributed by atoms with van der Waals surface area (Å²) >= 11 is 0. The van der Waals surface area contributed by atoms with Crippen molar-refractivity contribution in [1.29, 1.82) is 0 Å². The van der Waals surface area contributed by atoms with Crippen molar-refractivity contribution in [3.05, 3.63) is 66.7 Å². The molecule has 0 bridgehead atoms. The van der Waals surface area contributed by atoms with E-state index in [0.29, 0.717) is 12.2 Å². The number of benzene rings is 2. The second-order valence-corrected chi connectivity index (χ2v) is 4.29. The molecule has 2 aromatic carbocycles. The molecule has 0 aliphatic rings. The van der Waals surface area contributed by atoms with Gasteiger partial charge in [-0.2, -0.15) is 0 Å². The topological polar surface area (TPSA) is 46.5 Å². The van der Waals surface area contributed by atoms with Crippen LogP contribution >= 0.6 is 0 Å². The van der Waals surface area contributed by atoms with Gasteiger partial charge in [0.1, 0.15) is 5.75 Å². The van der Waals surface area contributed by atoms with Crippen LogP contribution < -0.4 is 4.74 Å². The standard InChI is InChI=1S/C17H16O3/c1-2-17(19)20-16-9-8-14(12-15(16)10-11-18)13-6-4-3-5-7-13/h2-9,12,18H,1,10-11H2.